The predicted octanol–water partition coefficient (Wildman–Crippen LogP) is 6.87. The minimum atomic E-state index is 0.0210. The van der Waals surface area contributed by atoms with Gasteiger partial charge < -0.3 is 9.47 Å². The summed E-state index contributed by atoms with van der Waals surface area (Å²) in [6, 6.07) is 37.2. The van der Waals surface area contributed by atoms with Gasteiger partial charge in [0.2, 0.25) is 11.8 Å². The third-order valence-corrected chi connectivity index (χ3v) is 7.28. The average molecular weight is 477 g/mol. The summed E-state index contributed by atoms with van der Waals surface area (Å²) in [7, 11) is 0. The second-order valence-electron chi connectivity index (χ2n) is 8.44. The Hall–Kier alpha value is -3.83. The van der Waals surface area contributed by atoms with Crippen LogP contribution in [0.5, 0.6) is 0 Å². The summed E-state index contributed by atoms with van der Waals surface area (Å²) >= 11 is 1.69. The molecule has 2 atom stereocenters. The monoisotopic (exact) mass is 476 g/mol. The summed E-state index contributed by atoms with van der Waals surface area (Å²) in [5.41, 5.74) is 4.34. The Morgan fingerprint density at radius 3 is 1.37 bits per heavy atom. The van der Waals surface area contributed by atoms with Crippen LogP contribution in [0, 0.1) is 0 Å². The molecule has 35 heavy (non-hydrogen) atoms. The van der Waals surface area contributed by atoms with Gasteiger partial charge in [0, 0.05) is 9.79 Å². The number of hydrogen-bond donors (Lipinski definition) is 0. The molecule has 4 nitrogen and oxygen atoms in total. The molecule has 4 aromatic carbocycles. The molecule has 0 bridgehead atoms. The Kier molecular flexibility index (Phi) is 6.07. The van der Waals surface area contributed by atoms with Crippen molar-refractivity contribution in [3.8, 4) is 0 Å². The van der Waals surface area contributed by atoms with E-state index >= 15 is 0 Å². The number of nitrogens with zero attached hydrogens (tertiary/aromatic N) is 2. The van der Waals surface area contributed by atoms with Gasteiger partial charge in [-0.05, 0) is 35.4 Å². The van der Waals surface area contributed by atoms with Crippen molar-refractivity contribution < 1.29 is 9.47 Å². The van der Waals surface area contributed by atoms with Crippen LogP contribution in [0.15, 0.2) is 129 Å². The van der Waals surface area contributed by atoms with Gasteiger partial charge in [-0.1, -0.05) is 96.7 Å². The van der Waals surface area contributed by atoms with Crippen molar-refractivity contribution in [3.05, 3.63) is 131 Å². The van der Waals surface area contributed by atoms with Gasteiger partial charge in [0.1, 0.15) is 25.3 Å². The molecular formula is C30H24N2O2S. The van der Waals surface area contributed by atoms with Crippen molar-refractivity contribution in [2.45, 2.75) is 21.9 Å². The van der Waals surface area contributed by atoms with E-state index in [1.54, 1.807) is 11.8 Å². The van der Waals surface area contributed by atoms with Gasteiger partial charge in [-0.15, -0.1) is 0 Å². The van der Waals surface area contributed by atoms with Crippen LogP contribution in [-0.4, -0.2) is 25.0 Å². The fourth-order valence-electron chi connectivity index (χ4n) is 4.32. The number of rotatable bonds is 6. The van der Waals surface area contributed by atoms with Crippen molar-refractivity contribution in [2.24, 2.45) is 9.98 Å². The molecule has 0 radical (unpaired) electrons. The highest BCUT2D eigenvalue weighted by Gasteiger charge is 2.26. The molecule has 0 spiro atoms. The smallest absolute Gasteiger partial charge is 0.218 e. The molecule has 0 aliphatic carbocycles. The first-order chi connectivity index (χ1) is 17.3. The minimum Gasteiger partial charge on any atom is -0.475 e. The highest BCUT2D eigenvalue weighted by atomic mass is 32.2. The van der Waals surface area contributed by atoms with E-state index in [9.17, 15) is 0 Å². The van der Waals surface area contributed by atoms with Crippen molar-refractivity contribution in [1.82, 2.24) is 0 Å². The summed E-state index contributed by atoms with van der Waals surface area (Å²) in [5, 5.41) is 0. The average Bonchev–Trinajstić information content (AvgIpc) is 3.61. The van der Waals surface area contributed by atoms with Crippen molar-refractivity contribution in [3.63, 3.8) is 0 Å². The van der Waals surface area contributed by atoms with Crippen molar-refractivity contribution in [2.75, 3.05) is 13.2 Å². The lowest BCUT2D eigenvalue weighted by Crippen LogP contribution is -2.05. The zero-order valence-electron chi connectivity index (χ0n) is 19.1. The molecule has 0 saturated carbocycles. The van der Waals surface area contributed by atoms with Crippen LogP contribution < -0.4 is 0 Å². The fourth-order valence-corrected chi connectivity index (χ4v) is 5.38. The molecule has 0 fully saturated rings. The van der Waals surface area contributed by atoms with E-state index in [1.165, 1.54) is 11.1 Å². The zero-order chi connectivity index (χ0) is 23.5. The summed E-state index contributed by atoms with van der Waals surface area (Å²) in [6.07, 6.45) is 0. The quantitative estimate of drug-likeness (QED) is 0.305. The third-order valence-electron chi connectivity index (χ3n) is 6.13. The topological polar surface area (TPSA) is 43.2 Å². The second-order valence-corrected chi connectivity index (χ2v) is 9.52. The SMILES string of the molecule is c1ccc([C@H]2COC(c3ccccc3Sc3ccccc3C3=N[C@@H](c4ccccc4)CO3)=N2)cc1. The molecule has 0 unspecified atom stereocenters. The highest BCUT2D eigenvalue weighted by Crippen LogP contribution is 2.37. The number of ether oxygens (including phenoxy) is 2. The Labute approximate surface area is 209 Å². The van der Waals surface area contributed by atoms with E-state index in [0.29, 0.717) is 25.0 Å². The van der Waals surface area contributed by atoms with E-state index in [0.717, 1.165) is 20.9 Å². The molecule has 0 aromatic heterocycles. The Morgan fingerprint density at radius 1 is 0.514 bits per heavy atom. The minimum absolute atomic E-state index is 0.0210. The number of hydrogen-bond acceptors (Lipinski definition) is 5. The molecule has 0 N–H and O–H groups in total. The Bertz CT molecular complexity index is 1280. The van der Waals surface area contributed by atoms with Gasteiger partial charge in [-0.2, -0.15) is 0 Å². The molecule has 2 aliphatic rings. The zero-order valence-corrected chi connectivity index (χ0v) is 19.9. The lowest BCUT2D eigenvalue weighted by Gasteiger charge is -2.12. The summed E-state index contributed by atoms with van der Waals surface area (Å²) in [6.45, 7) is 1.11. The lowest BCUT2D eigenvalue weighted by molar-refractivity contribution is 0.319. The maximum atomic E-state index is 6.07. The predicted molar refractivity (Wildman–Crippen MR) is 140 cm³/mol. The summed E-state index contributed by atoms with van der Waals surface area (Å²) in [4.78, 5) is 12.0. The molecule has 6 rings (SSSR count). The van der Waals surface area contributed by atoms with Crippen LogP contribution in [0.2, 0.25) is 0 Å². The standard InChI is InChI=1S/C30H24N2O2S/c1-3-11-21(12-4-1)25-19-33-29(31-25)23-15-7-9-17-27(23)35-28-18-10-8-16-24(28)30-32-26(20-34-30)22-13-5-2-6-14-22/h1-18,25-26H,19-20H2/t25-,26-/m1/s1. The van der Waals surface area contributed by atoms with E-state index in [-0.39, 0.29) is 12.1 Å². The lowest BCUT2D eigenvalue weighted by atomic mass is 10.1. The van der Waals surface area contributed by atoms with Crippen LogP contribution in [0.1, 0.15) is 34.3 Å². The van der Waals surface area contributed by atoms with Gasteiger partial charge in [0.25, 0.3) is 0 Å². The first-order valence-corrected chi connectivity index (χ1v) is 12.5. The van der Waals surface area contributed by atoms with Crippen LogP contribution in [0.4, 0.5) is 0 Å². The maximum absolute atomic E-state index is 6.07. The van der Waals surface area contributed by atoms with Crippen LogP contribution >= 0.6 is 11.8 Å². The molecule has 0 amide bonds. The van der Waals surface area contributed by atoms with Crippen LogP contribution in [-0.2, 0) is 9.47 Å². The Balaban J connectivity index is 1.29. The summed E-state index contributed by atoms with van der Waals surface area (Å²) < 4.78 is 12.1. The van der Waals surface area contributed by atoms with Gasteiger partial charge in [-0.3, -0.25) is 0 Å². The van der Waals surface area contributed by atoms with Gasteiger partial charge in [0.05, 0.1) is 11.1 Å². The molecule has 4 aromatic rings. The third kappa shape index (κ3) is 4.60. The van der Waals surface area contributed by atoms with Crippen molar-refractivity contribution in [1.29, 1.82) is 0 Å². The number of benzene rings is 4. The molecule has 0 saturated heterocycles. The van der Waals surface area contributed by atoms with Gasteiger partial charge in [-0.25, -0.2) is 9.98 Å². The molecule has 2 aliphatic heterocycles. The molecule has 2 heterocycles. The maximum Gasteiger partial charge on any atom is 0.218 e. The van der Waals surface area contributed by atoms with E-state index in [4.69, 9.17) is 19.5 Å². The van der Waals surface area contributed by atoms with E-state index < -0.39 is 0 Å². The van der Waals surface area contributed by atoms with Crippen molar-refractivity contribution >= 4 is 23.6 Å². The second kappa shape index (κ2) is 9.80. The normalized spacial score (nSPS) is 19.0. The van der Waals surface area contributed by atoms with E-state index in [1.807, 2.05) is 60.7 Å². The van der Waals surface area contributed by atoms with E-state index in [2.05, 4.69) is 48.5 Å². The van der Waals surface area contributed by atoms with Gasteiger partial charge >= 0.3 is 0 Å². The fraction of sp³-hybridized carbons (Fsp3) is 0.133. The first kappa shape index (κ1) is 21.7. The molecular weight excluding hydrogens is 452 g/mol. The highest BCUT2D eigenvalue weighted by molar-refractivity contribution is 7.99. The molecule has 5 heteroatoms. The number of aliphatic imine (C=N–C) groups is 2. The largest absolute Gasteiger partial charge is 0.475 e. The van der Waals surface area contributed by atoms with Crippen LogP contribution in [0.25, 0.3) is 0 Å². The summed E-state index contributed by atoms with van der Waals surface area (Å²) in [5.74, 6) is 1.39. The van der Waals surface area contributed by atoms with Gasteiger partial charge in [0.15, 0.2) is 0 Å². The van der Waals surface area contributed by atoms with Crippen LogP contribution in [0.3, 0.4) is 0 Å². The Morgan fingerprint density at radius 2 is 0.914 bits per heavy atom. The molecule has 172 valence electrons. The first-order valence-electron chi connectivity index (χ1n) is 11.7.